The number of methoxy groups -OCH3 is 1. The fourth-order valence-corrected chi connectivity index (χ4v) is 2.88. The van der Waals surface area contributed by atoms with Crippen molar-refractivity contribution in [1.29, 1.82) is 0 Å². The van der Waals surface area contributed by atoms with Gasteiger partial charge in [0, 0.05) is 43.7 Å². The number of hydrogen-bond acceptors (Lipinski definition) is 4. The molecule has 146 valence electrons. The van der Waals surface area contributed by atoms with Gasteiger partial charge in [-0.1, -0.05) is 19.9 Å². The average Bonchev–Trinajstić information content (AvgIpc) is 2.68. The molecular formula is C21H30N4O2. The van der Waals surface area contributed by atoms with Gasteiger partial charge in [0.2, 0.25) is 0 Å². The number of nitrogens with zero attached hydrogens (tertiary/aromatic N) is 2. The molecule has 0 fully saturated rings. The van der Waals surface area contributed by atoms with Crippen molar-refractivity contribution in [1.82, 2.24) is 10.3 Å². The summed E-state index contributed by atoms with van der Waals surface area (Å²) in [6.45, 7) is 7.72. The van der Waals surface area contributed by atoms with Crippen molar-refractivity contribution >= 4 is 11.6 Å². The third-order valence-corrected chi connectivity index (χ3v) is 4.36. The van der Waals surface area contributed by atoms with E-state index >= 15 is 0 Å². The predicted octanol–water partition coefficient (Wildman–Crippen LogP) is 3.92. The van der Waals surface area contributed by atoms with Crippen LogP contribution in [0.3, 0.4) is 0 Å². The topological polar surface area (TPSA) is 67.8 Å². The summed E-state index contributed by atoms with van der Waals surface area (Å²) >= 11 is 0. The van der Waals surface area contributed by atoms with E-state index in [1.807, 2.05) is 37.4 Å². The van der Waals surface area contributed by atoms with Gasteiger partial charge in [-0.2, -0.15) is 0 Å². The molecule has 0 saturated carbocycles. The highest BCUT2D eigenvalue weighted by Gasteiger charge is 2.16. The summed E-state index contributed by atoms with van der Waals surface area (Å²) in [5.41, 5.74) is 2.10. The van der Waals surface area contributed by atoms with Crippen LogP contribution in [0.15, 0.2) is 47.7 Å². The molecule has 1 heterocycles. The van der Waals surface area contributed by atoms with Crippen molar-refractivity contribution in [2.24, 2.45) is 10.9 Å². The van der Waals surface area contributed by atoms with Gasteiger partial charge in [-0.15, -0.1) is 0 Å². The molecule has 0 aliphatic carbocycles. The molecule has 2 N–H and O–H groups in total. The Hall–Kier alpha value is -2.76. The van der Waals surface area contributed by atoms with Crippen LogP contribution < -0.4 is 20.1 Å². The van der Waals surface area contributed by atoms with E-state index in [1.54, 1.807) is 20.4 Å². The Bertz CT molecular complexity index is 732. The van der Waals surface area contributed by atoms with Crippen molar-refractivity contribution in [2.45, 2.75) is 26.7 Å². The highest BCUT2D eigenvalue weighted by Crippen LogP contribution is 2.30. The molecule has 0 aliphatic heterocycles. The molecule has 6 nitrogen and oxygen atoms in total. The number of aliphatic imine (C=N–C) groups is 1. The molecule has 1 aromatic carbocycles. The summed E-state index contributed by atoms with van der Waals surface area (Å²) in [6, 6.07) is 9.83. The molecule has 27 heavy (non-hydrogen) atoms. The number of ether oxygens (including phenoxy) is 2. The van der Waals surface area contributed by atoms with Crippen LogP contribution in [0.1, 0.15) is 32.3 Å². The SMILES string of the molecule is CCOc1cc(NC(=NC)NCC(c2cccnc2)C(C)C)ccc1OC. The molecule has 0 aliphatic rings. The molecule has 1 unspecified atom stereocenters. The standard InChI is InChI=1S/C21H30N4O2/c1-6-27-20-12-17(9-10-19(20)26-5)25-21(22-4)24-14-18(15(2)3)16-8-7-11-23-13-16/h7-13,15,18H,6,14H2,1-5H3,(H2,22,24,25). The molecule has 1 aromatic heterocycles. The zero-order chi connectivity index (χ0) is 19.6. The van der Waals surface area contributed by atoms with Crippen LogP contribution in [-0.2, 0) is 0 Å². The van der Waals surface area contributed by atoms with E-state index < -0.39 is 0 Å². The van der Waals surface area contributed by atoms with E-state index in [0.717, 1.165) is 12.2 Å². The summed E-state index contributed by atoms with van der Waals surface area (Å²) in [5.74, 6) is 2.94. The second-order valence-corrected chi connectivity index (χ2v) is 6.51. The number of nitrogens with one attached hydrogen (secondary N) is 2. The first kappa shape index (κ1) is 20.6. The lowest BCUT2D eigenvalue weighted by atomic mass is 9.89. The molecule has 6 heteroatoms. The Kier molecular flexibility index (Phi) is 7.92. The maximum Gasteiger partial charge on any atom is 0.195 e. The summed E-state index contributed by atoms with van der Waals surface area (Å²) < 4.78 is 11.0. The highest BCUT2D eigenvalue weighted by molar-refractivity contribution is 5.93. The third kappa shape index (κ3) is 5.88. The molecule has 2 rings (SSSR count). The van der Waals surface area contributed by atoms with Crippen molar-refractivity contribution < 1.29 is 9.47 Å². The van der Waals surface area contributed by atoms with Crippen molar-refractivity contribution in [3.63, 3.8) is 0 Å². The van der Waals surface area contributed by atoms with Gasteiger partial charge >= 0.3 is 0 Å². The Morgan fingerprint density at radius 3 is 2.63 bits per heavy atom. The van der Waals surface area contributed by atoms with Crippen LogP contribution in [-0.4, -0.2) is 38.3 Å². The summed E-state index contributed by atoms with van der Waals surface area (Å²) in [4.78, 5) is 8.58. The first-order valence-corrected chi connectivity index (χ1v) is 9.27. The van der Waals surface area contributed by atoms with Crippen molar-refractivity contribution in [3.8, 4) is 11.5 Å². The number of aromatic nitrogens is 1. The van der Waals surface area contributed by atoms with Crippen LogP contribution >= 0.6 is 0 Å². The zero-order valence-corrected chi connectivity index (χ0v) is 16.8. The summed E-state index contributed by atoms with van der Waals surface area (Å²) in [5, 5.41) is 6.73. The summed E-state index contributed by atoms with van der Waals surface area (Å²) in [7, 11) is 3.40. The van der Waals surface area contributed by atoms with E-state index in [0.29, 0.717) is 35.9 Å². The Morgan fingerprint density at radius 1 is 1.22 bits per heavy atom. The molecule has 0 radical (unpaired) electrons. The number of hydrogen-bond donors (Lipinski definition) is 2. The fourth-order valence-electron chi connectivity index (χ4n) is 2.88. The quantitative estimate of drug-likeness (QED) is 0.545. The van der Waals surface area contributed by atoms with E-state index in [1.165, 1.54) is 5.56 Å². The fraction of sp³-hybridized carbons (Fsp3) is 0.429. The van der Waals surface area contributed by atoms with E-state index in [4.69, 9.17) is 9.47 Å². The Labute approximate surface area is 162 Å². The smallest absolute Gasteiger partial charge is 0.195 e. The monoisotopic (exact) mass is 370 g/mol. The number of pyridine rings is 1. The van der Waals surface area contributed by atoms with Crippen LogP contribution in [0.4, 0.5) is 5.69 Å². The highest BCUT2D eigenvalue weighted by atomic mass is 16.5. The van der Waals surface area contributed by atoms with Crippen LogP contribution in [0.25, 0.3) is 0 Å². The molecule has 2 aromatic rings. The number of anilines is 1. The minimum Gasteiger partial charge on any atom is -0.493 e. The Morgan fingerprint density at radius 2 is 2.04 bits per heavy atom. The van der Waals surface area contributed by atoms with Crippen molar-refractivity contribution in [2.75, 3.05) is 32.6 Å². The lowest BCUT2D eigenvalue weighted by molar-refractivity contribution is 0.311. The third-order valence-electron chi connectivity index (χ3n) is 4.36. The van der Waals surface area contributed by atoms with E-state index in [-0.39, 0.29) is 0 Å². The number of benzene rings is 1. The second-order valence-electron chi connectivity index (χ2n) is 6.51. The second kappa shape index (κ2) is 10.4. The lowest BCUT2D eigenvalue weighted by Gasteiger charge is -2.23. The van der Waals surface area contributed by atoms with Gasteiger partial charge in [0.1, 0.15) is 0 Å². The average molecular weight is 370 g/mol. The molecule has 0 saturated heterocycles. The number of rotatable bonds is 8. The molecule has 1 atom stereocenters. The minimum absolute atomic E-state index is 0.340. The van der Waals surface area contributed by atoms with Crippen LogP contribution in [0, 0.1) is 5.92 Å². The number of guanidine groups is 1. The van der Waals surface area contributed by atoms with Crippen LogP contribution in [0.2, 0.25) is 0 Å². The van der Waals surface area contributed by atoms with Gasteiger partial charge < -0.3 is 20.1 Å². The van der Waals surface area contributed by atoms with Gasteiger partial charge in [-0.25, -0.2) is 0 Å². The maximum atomic E-state index is 5.64. The first-order valence-electron chi connectivity index (χ1n) is 9.27. The van der Waals surface area contributed by atoms with Crippen molar-refractivity contribution in [3.05, 3.63) is 48.3 Å². The van der Waals surface area contributed by atoms with Gasteiger partial charge in [-0.3, -0.25) is 9.98 Å². The summed E-state index contributed by atoms with van der Waals surface area (Å²) in [6.07, 6.45) is 3.73. The first-order chi connectivity index (χ1) is 13.1. The maximum absolute atomic E-state index is 5.64. The van der Waals surface area contributed by atoms with Gasteiger partial charge in [0.25, 0.3) is 0 Å². The van der Waals surface area contributed by atoms with E-state index in [2.05, 4.69) is 40.5 Å². The molecule has 0 spiro atoms. The van der Waals surface area contributed by atoms with Gasteiger partial charge in [-0.05, 0) is 36.6 Å². The minimum atomic E-state index is 0.340. The van der Waals surface area contributed by atoms with E-state index in [9.17, 15) is 0 Å². The molecule has 0 bridgehead atoms. The lowest BCUT2D eigenvalue weighted by Crippen LogP contribution is -2.35. The van der Waals surface area contributed by atoms with Crippen LogP contribution in [0.5, 0.6) is 11.5 Å². The van der Waals surface area contributed by atoms with Gasteiger partial charge in [0.05, 0.1) is 13.7 Å². The van der Waals surface area contributed by atoms with Gasteiger partial charge in [0.15, 0.2) is 17.5 Å². The zero-order valence-electron chi connectivity index (χ0n) is 16.8. The molecule has 0 amide bonds. The largest absolute Gasteiger partial charge is 0.493 e. The predicted molar refractivity (Wildman–Crippen MR) is 111 cm³/mol. The molecular weight excluding hydrogens is 340 g/mol. The Balaban J connectivity index is 2.06. The normalized spacial score (nSPS) is 12.6.